The van der Waals surface area contributed by atoms with Crippen LogP contribution in [0.2, 0.25) is 0 Å². The highest BCUT2D eigenvalue weighted by Crippen LogP contribution is 2.37. The maximum absolute atomic E-state index is 12.8. The maximum atomic E-state index is 12.8. The van der Waals surface area contributed by atoms with Crippen molar-refractivity contribution in [2.75, 3.05) is 19.7 Å². The molecule has 2 fully saturated rings. The summed E-state index contributed by atoms with van der Waals surface area (Å²) in [7, 11) is 0. The molecule has 146 valence electrons. The minimum Gasteiger partial charge on any atom is -0.480 e. The lowest BCUT2D eigenvalue weighted by atomic mass is 9.84. The molecule has 1 spiro atoms. The smallest absolute Gasteiger partial charge is 0.264 e. The molecule has 2 saturated heterocycles. The van der Waals surface area contributed by atoms with E-state index in [1.54, 1.807) is 12.4 Å². The summed E-state index contributed by atoms with van der Waals surface area (Å²) in [5.41, 5.74) is 1.61. The van der Waals surface area contributed by atoms with Crippen molar-refractivity contribution in [3.8, 4) is 11.6 Å². The van der Waals surface area contributed by atoms with Gasteiger partial charge in [0.25, 0.3) is 5.91 Å². The van der Waals surface area contributed by atoms with Crippen LogP contribution in [-0.4, -0.2) is 58.3 Å². The van der Waals surface area contributed by atoms with Gasteiger partial charge in [0, 0.05) is 25.5 Å². The molecule has 0 N–H and O–H groups in total. The minimum atomic E-state index is -0.423. The van der Waals surface area contributed by atoms with E-state index < -0.39 is 6.10 Å². The van der Waals surface area contributed by atoms with Gasteiger partial charge >= 0.3 is 0 Å². The van der Waals surface area contributed by atoms with E-state index in [-0.39, 0.29) is 17.6 Å². The van der Waals surface area contributed by atoms with E-state index >= 15 is 0 Å². The van der Waals surface area contributed by atoms with Gasteiger partial charge in [0.1, 0.15) is 17.5 Å². The zero-order valence-corrected chi connectivity index (χ0v) is 15.8. The lowest BCUT2D eigenvalue weighted by Crippen LogP contribution is -2.69. The number of hydrogen-bond donors (Lipinski definition) is 0. The second-order valence-corrected chi connectivity index (χ2v) is 7.88. The Morgan fingerprint density at radius 1 is 1.29 bits per heavy atom. The molecule has 0 aliphatic carbocycles. The van der Waals surface area contributed by atoms with Crippen LogP contribution in [0.3, 0.4) is 0 Å². The van der Waals surface area contributed by atoms with Gasteiger partial charge in [-0.25, -0.2) is 4.98 Å². The van der Waals surface area contributed by atoms with E-state index in [0.717, 1.165) is 29.8 Å². The predicted molar refractivity (Wildman–Crippen MR) is 100 cm³/mol. The zero-order chi connectivity index (χ0) is 19.1. The molecule has 0 radical (unpaired) electrons. The predicted octanol–water partition coefficient (Wildman–Crippen LogP) is 1.93. The van der Waals surface area contributed by atoms with E-state index in [2.05, 4.69) is 9.97 Å². The Labute approximate surface area is 163 Å². The fraction of sp³-hybridized carbons (Fsp3) is 0.476. The van der Waals surface area contributed by atoms with Crippen LogP contribution >= 0.6 is 0 Å². The third kappa shape index (κ3) is 3.20. The van der Waals surface area contributed by atoms with Gasteiger partial charge in [-0.15, -0.1) is 0 Å². The normalized spacial score (nSPS) is 25.0. The standard InChI is InChI=1S/C21H23N3O4/c1-14-10-22-11-19(23-14)27-16-6-7-26-21(9-16)12-24(13-21)20(25)18-8-15-4-2-3-5-17(15)28-18/h2-5,10-11,16,18H,6-9,12-13H2,1H3/t16-,18+/m0/s1. The third-order valence-corrected chi connectivity index (χ3v) is 5.66. The molecule has 1 aromatic heterocycles. The summed E-state index contributed by atoms with van der Waals surface area (Å²) >= 11 is 0. The number of aromatic nitrogens is 2. The average Bonchev–Trinajstić information content (AvgIpc) is 3.10. The van der Waals surface area contributed by atoms with Crippen molar-refractivity contribution in [3.63, 3.8) is 0 Å². The summed E-state index contributed by atoms with van der Waals surface area (Å²) in [4.78, 5) is 23.2. The molecule has 3 aliphatic rings. The topological polar surface area (TPSA) is 73.8 Å². The van der Waals surface area contributed by atoms with Gasteiger partial charge in [-0.1, -0.05) is 18.2 Å². The highest BCUT2D eigenvalue weighted by atomic mass is 16.5. The van der Waals surface area contributed by atoms with Gasteiger partial charge in [0.05, 0.1) is 31.6 Å². The molecule has 0 unspecified atom stereocenters. The maximum Gasteiger partial charge on any atom is 0.264 e. The Bertz CT molecular complexity index is 872. The number of hydrogen-bond acceptors (Lipinski definition) is 6. The fourth-order valence-corrected chi connectivity index (χ4v) is 4.30. The first-order valence-corrected chi connectivity index (χ1v) is 9.73. The number of fused-ring (bicyclic) bond motifs is 1. The van der Waals surface area contributed by atoms with Crippen LogP contribution in [0, 0.1) is 6.92 Å². The molecule has 0 saturated carbocycles. The highest BCUT2D eigenvalue weighted by Gasteiger charge is 2.51. The Morgan fingerprint density at radius 3 is 2.96 bits per heavy atom. The molecule has 5 rings (SSSR count). The van der Waals surface area contributed by atoms with Gasteiger partial charge in [-0.05, 0) is 18.6 Å². The largest absolute Gasteiger partial charge is 0.480 e. The van der Waals surface area contributed by atoms with Crippen molar-refractivity contribution < 1.29 is 19.0 Å². The SMILES string of the molecule is Cc1cncc(O[C@H]2CCOC3(C2)CN(C(=O)[C@H]2Cc4ccccc4O2)C3)n1. The quantitative estimate of drug-likeness (QED) is 0.809. The molecule has 1 aromatic carbocycles. The van der Waals surface area contributed by atoms with E-state index in [1.807, 2.05) is 36.1 Å². The second-order valence-electron chi connectivity index (χ2n) is 7.88. The monoisotopic (exact) mass is 381 g/mol. The number of ether oxygens (including phenoxy) is 3. The van der Waals surface area contributed by atoms with E-state index in [4.69, 9.17) is 14.2 Å². The summed E-state index contributed by atoms with van der Waals surface area (Å²) in [6.07, 6.45) is 5.14. The summed E-state index contributed by atoms with van der Waals surface area (Å²) in [6.45, 7) is 3.68. The molecule has 0 bridgehead atoms. The van der Waals surface area contributed by atoms with Crippen molar-refractivity contribution in [1.82, 2.24) is 14.9 Å². The number of aryl methyl sites for hydroxylation is 1. The molecule has 3 aliphatic heterocycles. The Morgan fingerprint density at radius 2 is 2.14 bits per heavy atom. The van der Waals surface area contributed by atoms with Crippen molar-refractivity contribution in [2.45, 2.75) is 44.0 Å². The first-order chi connectivity index (χ1) is 13.6. The number of amides is 1. The highest BCUT2D eigenvalue weighted by molar-refractivity contribution is 5.83. The molecule has 1 amide bonds. The zero-order valence-electron chi connectivity index (χ0n) is 15.8. The molecule has 7 heteroatoms. The van der Waals surface area contributed by atoms with Crippen molar-refractivity contribution in [3.05, 3.63) is 47.9 Å². The van der Waals surface area contributed by atoms with Gasteiger partial charge in [-0.2, -0.15) is 0 Å². The van der Waals surface area contributed by atoms with Crippen LogP contribution in [0.4, 0.5) is 0 Å². The molecular weight excluding hydrogens is 358 g/mol. The summed E-state index contributed by atoms with van der Waals surface area (Å²) in [5, 5.41) is 0. The molecule has 4 heterocycles. The van der Waals surface area contributed by atoms with Crippen LogP contribution < -0.4 is 9.47 Å². The molecular formula is C21H23N3O4. The van der Waals surface area contributed by atoms with Crippen LogP contribution in [0.5, 0.6) is 11.6 Å². The first-order valence-electron chi connectivity index (χ1n) is 9.73. The summed E-state index contributed by atoms with van der Waals surface area (Å²) in [6, 6.07) is 7.84. The third-order valence-electron chi connectivity index (χ3n) is 5.66. The lowest BCUT2D eigenvalue weighted by molar-refractivity contribution is -0.196. The van der Waals surface area contributed by atoms with E-state index in [1.165, 1.54) is 0 Å². The number of rotatable bonds is 3. The van der Waals surface area contributed by atoms with Crippen molar-refractivity contribution in [2.24, 2.45) is 0 Å². The van der Waals surface area contributed by atoms with Crippen molar-refractivity contribution in [1.29, 1.82) is 0 Å². The van der Waals surface area contributed by atoms with Crippen LogP contribution in [-0.2, 0) is 16.0 Å². The number of para-hydroxylation sites is 1. The van der Waals surface area contributed by atoms with Crippen LogP contribution in [0.1, 0.15) is 24.1 Å². The molecule has 2 aromatic rings. The first kappa shape index (κ1) is 17.4. The second kappa shape index (κ2) is 6.74. The van der Waals surface area contributed by atoms with Crippen LogP contribution in [0.25, 0.3) is 0 Å². The minimum absolute atomic E-state index is 0.0223. The number of carbonyl (C=O) groups excluding carboxylic acids is 1. The number of nitrogens with zero attached hydrogens (tertiary/aromatic N) is 3. The Balaban J connectivity index is 1.18. The lowest BCUT2D eigenvalue weighted by Gasteiger charge is -2.53. The van der Waals surface area contributed by atoms with Gasteiger partial charge in [-0.3, -0.25) is 9.78 Å². The van der Waals surface area contributed by atoms with Gasteiger partial charge < -0.3 is 19.1 Å². The fourth-order valence-electron chi connectivity index (χ4n) is 4.30. The number of carbonyl (C=O) groups is 1. The summed E-state index contributed by atoms with van der Waals surface area (Å²) < 4.78 is 17.9. The van der Waals surface area contributed by atoms with Gasteiger partial charge in [0.15, 0.2) is 6.10 Å². The Kier molecular flexibility index (Phi) is 4.19. The Hall–Kier alpha value is -2.67. The molecule has 28 heavy (non-hydrogen) atoms. The number of benzene rings is 1. The summed E-state index contributed by atoms with van der Waals surface area (Å²) in [5.74, 6) is 1.40. The molecule has 7 nitrogen and oxygen atoms in total. The van der Waals surface area contributed by atoms with Crippen LogP contribution in [0.15, 0.2) is 36.7 Å². The van der Waals surface area contributed by atoms with Crippen molar-refractivity contribution >= 4 is 5.91 Å². The molecule has 2 atom stereocenters. The van der Waals surface area contributed by atoms with E-state index in [9.17, 15) is 4.79 Å². The average molecular weight is 381 g/mol. The van der Waals surface area contributed by atoms with Gasteiger partial charge in [0.2, 0.25) is 5.88 Å². The van der Waals surface area contributed by atoms with E-state index in [0.29, 0.717) is 32.0 Å². The number of likely N-dealkylation sites (tertiary alicyclic amines) is 1.